The Kier molecular flexibility index (Phi) is 6.05. The van der Waals surface area contributed by atoms with Crippen LogP contribution in [0.2, 0.25) is 0 Å². The highest BCUT2D eigenvalue weighted by Crippen LogP contribution is 2.24. The Bertz CT molecular complexity index is 271. The molecule has 5 nitrogen and oxygen atoms in total. The van der Waals surface area contributed by atoms with Crippen molar-refractivity contribution in [2.75, 3.05) is 40.0 Å². The maximum Gasteiger partial charge on any atom is 0.327 e. The molecule has 1 fully saturated rings. The van der Waals surface area contributed by atoms with Crippen LogP contribution in [-0.2, 0) is 14.3 Å². The van der Waals surface area contributed by atoms with Crippen molar-refractivity contribution in [3.63, 3.8) is 0 Å². The number of nitrogens with zero attached hydrogens (tertiary/aromatic N) is 1. The SMILES string of the molecule is CCOC(=O)C1(NCCOC)CCN(C(C)C)C1. The van der Waals surface area contributed by atoms with Crippen molar-refractivity contribution in [3.8, 4) is 0 Å². The summed E-state index contributed by atoms with van der Waals surface area (Å²) < 4.78 is 10.3. The first-order valence-corrected chi connectivity index (χ1v) is 6.71. The van der Waals surface area contributed by atoms with E-state index in [4.69, 9.17) is 9.47 Å². The Hall–Kier alpha value is -0.650. The molecule has 1 aliphatic rings. The van der Waals surface area contributed by atoms with Crippen LogP contribution in [0.15, 0.2) is 0 Å². The maximum absolute atomic E-state index is 12.2. The van der Waals surface area contributed by atoms with Crippen LogP contribution in [0.3, 0.4) is 0 Å². The lowest BCUT2D eigenvalue weighted by Gasteiger charge is -2.29. The van der Waals surface area contributed by atoms with Gasteiger partial charge in [-0.15, -0.1) is 0 Å². The van der Waals surface area contributed by atoms with Gasteiger partial charge in [-0.1, -0.05) is 0 Å². The molecular weight excluding hydrogens is 232 g/mol. The van der Waals surface area contributed by atoms with E-state index in [0.29, 0.717) is 32.3 Å². The van der Waals surface area contributed by atoms with Crippen LogP contribution in [-0.4, -0.2) is 62.4 Å². The number of nitrogens with one attached hydrogen (secondary N) is 1. The van der Waals surface area contributed by atoms with Crippen LogP contribution in [0.5, 0.6) is 0 Å². The van der Waals surface area contributed by atoms with E-state index in [1.54, 1.807) is 7.11 Å². The fourth-order valence-corrected chi connectivity index (χ4v) is 2.32. The van der Waals surface area contributed by atoms with Gasteiger partial charge in [-0.3, -0.25) is 10.2 Å². The van der Waals surface area contributed by atoms with Crippen molar-refractivity contribution in [1.29, 1.82) is 0 Å². The van der Waals surface area contributed by atoms with E-state index in [0.717, 1.165) is 13.0 Å². The van der Waals surface area contributed by atoms with E-state index in [1.165, 1.54) is 0 Å². The predicted octanol–water partition coefficient (Wildman–Crippen LogP) is 0.638. The van der Waals surface area contributed by atoms with Crippen LogP contribution >= 0.6 is 0 Å². The number of ether oxygens (including phenoxy) is 2. The van der Waals surface area contributed by atoms with Gasteiger partial charge in [-0.05, 0) is 27.2 Å². The lowest BCUT2D eigenvalue weighted by Crippen LogP contribution is -2.56. The fraction of sp³-hybridized carbons (Fsp3) is 0.923. The van der Waals surface area contributed by atoms with Gasteiger partial charge in [-0.25, -0.2) is 4.79 Å². The zero-order chi connectivity index (χ0) is 13.6. The van der Waals surface area contributed by atoms with Crippen molar-refractivity contribution in [2.45, 2.75) is 38.8 Å². The van der Waals surface area contributed by atoms with E-state index in [1.807, 2.05) is 6.92 Å². The summed E-state index contributed by atoms with van der Waals surface area (Å²) in [6.07, 6.45) is 0.799. The number of rotatable bonds is 7. The van der Waals surface area contributed by atoms with Gasteiger partial charge >= 0.3 is 5.97 Å². The van der Waals surface area contributed by atoms with Crippen LogP contribution in [0.1, 0.15) is 27.2 Å². The minimum atomic E-state index is -0.557. The number of hydrogen-bond acceptors (Lipinski definition) is 5. The summed E-state index contributed by atoms with van der Waals surface area (Å²) >= 11 is 0. The average molecular weight is 258 g/mol. The lowest BCUT2D eigenvalue weighted by molar-refractivity contribution is -0.150. The zero-order valence-electron chi connectivity index (χ0n) is 12.0. The van der Waals surface area contributed by atoms with E-state index < -0.39 is 5.54 Å². The smallest absolute Gasteiger partial charge is 0.327 e. The molecule has 0 bridgehead atoms. The average Bonchev–Trinajstić information content (AvgIpc) is 2.76. The highest BCUT2D eigenvalue weighted by molar-refractivity contribution is 5.81. The van der Waals surface area contributed by atoms with Crippen LogP contribution < -0.4 is 5.32 Å². The molecule has 18 heavy (non-hydrogen) atoms. The molecule has 1 aliphatic heterocycles. The highest BCUT2D eigenvalue weighted by Gasteiger charge is 2.45. The first kappa shape index (κ1) is 15.4. The minimum Gasteiger partial charge on any atom is -0.465 e. The molecule has 1 N–H and O–H groups in total. The van der Waals surface area contributed by atoms with Crippen molar-refractivity contribution in [2.24, 2.45) is 0 Å². The van der Waals surface area contributed by atoms with Crippen molar-refractivity contribution < 1.29 is 14.3 Å². The number of esters is 1. The van der Waals surface area contributed by atoms with Gasteiger partial charge in [0, 0.05) is 32.8 Å². The number of carbonyl (C=O) groups is 1. The fourth-order valence-electron chi connectivity index (χ4n) is 2.32. The predicted molar refractivity (Wildman–Crippen MR) is 70.6 cm³/mol. The maximum atomic E-state index is 12.2. The van der Waals surface area contributed by atoms with Crippen molar-refractivity contribution in [1.82, 2.24) is 10.2 Å². The monoisotopic (exact) mass is 258 g/mol. The van der Waals surface area contributed by atoms with Gasteiger partial charge in [0.1, 0.15) is 5.54 Å². The lowest BCUT2D eigenvalue weighted by atomic mass is 9.98. The topological polar surface area (TPSA) is 50.8 Å². The number of likely N-dealkylation sites (tertiary alicyclic amines) is 1. The van der Waals surface area contributed by atoms with Gasteiger partial charge in [0.15, 0.2) is 0 Å². The minimum absolute atomic E-state index is 0.135. The van der Waals surface area contributed by atoms with Gasteiger partial charge < -0.3 is 9.47 Å². The summed E-state index contributed by atoms with van der Waals surface area (Å²) in [6, 6.07) is 0.450. The first-order chi connectivity index (χ1) is 8.55. The van der Waals surface area contributed by atoms with Crippen molar-refractivity contribution >= 4 is 5.97 Å². The van der Waals surface area contributed by atoms with Crippen LogP contribution in [0.4, 0.5) is 0 Å². The zero-order valence-corrected chi connectivity index (χ0v) is 12.0. The molecule has 0 aromatic carbocycles. The van der Waals surface area contributed by atoms with Gasteiger partial charge in [0.25, 0.3) is 0 Å². The van der Waals surface area contributed by atoms with E-state index in [9.17, 15) is 4.79 Å². The third kappa shape index (κ3) is 3.67. The Labute approximate surface area is 110 Å². The summed E-state index contributed by atoms with van der Waals surface area (Å²) in [5.74, 6) is -0.135. The standard InChI is InChI=1S/C13H26N2O3/c1-5-18-12(16)13(14-7-9-17-4)6-8-15(10-13)11(2)3/h11,14H,5-10H2,1-4H3. The van der Waals surface area contributed by atoms with E-state index >= 15 is 0 Å². The highest BCUT2D eigenvalue weighted by atomic mass is 16.5. The molecule has 5 heteroatoms. The van der Waals surface area contributed by atoms with Crippen LogP contribution in [0.25, 0.3) is 0 Å². The van der Waals surface area contributed by atoms with Gasteiger partial charge in [-0.2, -0.15) is 0 Å². The summed E-state index contributed by atoms with van der Waals surface area (Å²) in [4.78, 5) is 14.5. The summed E-state index contributed by atoms with van der Waals surface area (Å²) in [5, 5.41) is 3.32. The molecule has 1 saturated heterocycles. The van der Waals surface area contributed by atoms with Crippen LogP contribution in [0, 0.1) is 0 Å². The molecule has 0 radical (unpaired) electrons. The molecule has 0 aliphatic carbocycles. The summed E-state index contributed by atoms with van der Waals surface area (Å²) in [7, 11) is 1.66. The molecule has 1 rings (SSSR count). The molecule has 106 valence electrons. The Morgan fingerprint density at radius 2 is 2.22 bits per heavy atom. The molecular formula is C13H26N2O3. The third-order valence-corrected chi connectivity index (χ3v) is 3.46. The second-order valence-electron chi connectivity index (χ2n) is 5.04. The number of hydrogen-bond donors (Lipinski definition) is 1. The largest absolute Gasteiger partial charge is 0.465 e. The summed E-state index contributed by atoms with van der Waals surface area (Å²) in [5.41, 5.74) is -0.557. The first-order valence-electron chi connectivity index (χ1n) is 6.71. The quantitative estimate of drug-likeness (QED) is 0.536. The van der Waals surface area contributed by atoms with Gasteiger partial charge in [0.2, 0.25) is 0 Å². The second kappa shape index (κ2) is 7.07. The molecule has 1 heterocycles. The van der Waals surface area contributed by atoms with Gasteiger partial charge in [0.05, 0.1) is 13.2 Å². The molecule has 0 aromatic heterocycles. The molecule has 1 atom stereocenters. The second-order valence-corrected chi connectivity index (χ2v) is 5.04. The Morgan fingerprint density at radius 1 is 1.50 bits per heavy atom. The molecule has 0 saturated carbocycles. The number of carbonyl (C=O) groups excluding carboxylic acids is 1. The molecule has 1 unspecified atom stereocenters. The normalized spacial score (nSPS) is 24.7. The Balaban J connectivity index is 2.67. The molecule has 0 aromatic rings. The molecule has 0 amide bonds. The third-order valence-electron chi connectivity index (χ3n) is 3.46. The van der Waals surface area contributed by atoms with E-state index in [-0.39, 0.29) is 5.97 Å². The van der Waals surface area contributed by atoms with Crippen molar-refractivity contribution in [3.05, 3.63) is 0 Å². The summed E-state index contributed by atoms with van der Waals surface area (Å²) in [6.45, 7) is 9.48. The Morgan fingerprint density at radius 3 is 2.72 bits per heavy atom. The number of methoxy groups -OCH3 is 1. The van der Waals surface area contributed by atoms with E-state index in [2.05, 4.69) is 24.1 Å². The molecule has 0 spiro atoms.